The van der Waals surface area contributed by atoms with Gasteiger partial charge < -0.3 is 10.1 Å². The summed E-state index contributed by atoms with van der Waals surface area (Å²) in [7, 11) is -1.76. The zero-order valence-corrected chi connectivity index (χ0v) is 19.5. The maximum Gasteiger partial charge on any atom is 0.251 e. The summed E-state index contributed by atoms with van der Waals surface area (Å²) < 4.78 is 32.4. The monoisotopic (exact) mass is 464 g/mol. The average molecular weight is 465 g/mol. The zero-order valence-electron chi connectivity index (χ0n) is 18.7. The molecule has 0 radical (unpaired) electrons. The Morgan fingerprint density at radius 2 is 1.70 bits per heavy atom. The van der Waals surface area contributed by atoms with Crippen LogP contribution in [0.25, 0.3) is 11.1 Å². The van der Waals surface area contributed by atoms with E-state index in [2.05, 4.69) is 5.32 Å². The Balaban J connectivity index is 1.26. The van der Waals surface area contributed by atoms with Crippen LogP contribution in [0, 0.1) is 0 Å². The van der Waals surface area contributed by atoms with Gasteiger partial charge in [0, 0.05) is 25.2 Å². The lowest BCUT2D eigenvalue weighted by molar-refractivity contribution is 0.0953. The van der Waals surface area contributed by atoms with E-state index in [-0.39, 0.29) is 11.7 Å². The van der Waals surface area contributed by atoms with Crippen LogP contribution in [0.1, 0.15) is 27.9 Å². The number of benzene rings is 3. The van der Waals surface area contributed by atoms with Gasteiger partial charge in [-0.15, -0.1) is 0 Å². The molecule has 0 aromatic heterocycles. The van der Waals surface area contributed by atoms with Gasteiger partial charge in [0.15, 0.2) is 0 Å². The van der Waals surface area contributed by atoms with Crippen molar-refractivity contribution >= 4 is 15.9 Å². The Morgan fingerprint density at radius 3 is 2.42 bits per heavy atom. The van der Waals surface area contributed by atoms with Gasteiger partial charge >= 0.3 is 0 Å². The normalized spacial score (nSPS) is 13.8. The molecule has 1 aliphatic rings. The van der Waals surface area contributed by atoms with Crippen LogP contribution in [0.3, 0.4) is 0 Å². The van der Waals surface area contributed by atoms with Gasteiger partial charge in [0.2, 0.25) is 10.0 Å². The van der Waals surface area contributed by atoms with E-state index in [4.69, 9.17) is 4.74 Å². The fourth-order valence-electron chi connectivity index (χ4n) is 4.00. The molecule has 1 amide bonds. The molecule has 0 spiro atoms. The van der Waals surface area contributed by atoms with E-state index in [0.717, 1.165) is 28.0 Å². The third-order valence-corrected chi connectivity index (χ3v) is 7.81. The molecule has 0 fully saturated rings. The molecule has 3 aromatic carbocycles. The quantitative estimate of drug-likeness (QED) is 0.514. The van der Waals surface area contributed by atoms with E-state index >= 15 is 0 Å². The summed E-state index contributed by atoms with van der Waals surface area (Å²) in [6.07, 6.45) is 1.03. The molecule has 0 unspecified atom stereocenters. The number of carbonyl (C=O) groups is 1. The number of amides is 1. The molecule has 33 heavy (non-hydrogen) atoms. The standard InChI is InChI=1S/C26H28N2O4S/c1-32-25-13-12-24-19-28(16-14-23(24)18-25)33(30,31)17-5-15-27-26(29)22-10-8-21(9-11-22)20-6-3-2-4-7-20/h2-4,6-13,18H,5,14-17,19H2,1H3,(H,27,29). The molecular weight excluding hydrogens is 436 g/mol. The first-order valence-electron chi connectivity index (χ1n) is 11.0. The molecule has 0 bridgehead atoms. The summed E-state index contributed by atoms with van der Waals surface area (Å²) in [6.45, 7) is 1.14. The molecule has 172 valence electrons. The van der Waals surface area contributed by atoms with Gasteiger partial charge in [-0.25, -0.2) is 8.42 Å². The number of hydrogen-bond donors (Lipinski definition) is 1. The molecule has 3 aromatic rings. The minimum atomic E-state index is -3.39. The number of methoxy groups -OCH3 is 1. The second kappa shape index (κ2) is 10.2. The Morgan fingerprint density at radius 1 is 0.970 bits per heavy atom. The van der Waals surface area contributed by atoms with Gasteiger partial charge in [0.05, 0.1) is 12.9 Å². The van der Waals surface area contributed by atoms with Gasteiger partial charge in [-0.3, -0.25) is 4.79 Å². The van der Waals surface area contributed by atoms with Crippen LogP contribution in [0.15, 0.2) is 72.8 Å². The van der Waals surface area contributed by atoms with E-state index in [1.807, 2.05) is 60.7 Å². The van der Waals surface area contributed by atoms with Crippen LogP contribution >= 0.6 is 0 Å². The molecule has 4 rings (SSSR count). The molecule has 0 saturated heterocycles. The van der Waals surface area contributed by atoms with Gasteiger partial charge in [0.1, 0.15) is 5.75 Å². The summed E-state index contributed by atoms with van der Waals surface area (Å²) in [5.74, 6) is 0.592. The highest BCUT2D eigenvalue weighted by atomic mass is 32.2. The van der Waals surface area contributed by atoms with Crippen LogP contribution < -0.4 is 10.1 Å². The van der Waals surface area contributed by atoms with Crippen molar-refractivity contribution in [2.45, 2.75) is 19.4 Å². The topological polar surface area (TPSA) is 75.7 Å². The number of rotatable bonds is 8. The average Bonchev–Trinajstić information content (AvgIpc) is 2.86. The van der Waals surface area contributed by atoms with Gasteiger partial charge in [-0.1, -0.05) is 48.5 Å². The highest BCUT2D eigenvalue weighted by Gasteiger charge is 2.26. The summed E-state index contributed by atoms with van der Waals surface area (Å²) in [5, 5.41) is 2.83. The van der Waals surface area contributed by atoms with Gasteiger partial charge in [0.25, 0.3) is 5.91 Å². The molecule has 0 saturated carbocycles. The molecule has 1 aliphatic heterocycles. The molecule has 7 heteroatoms. The fraction of sp³-hybridized carbons (Fsp3) is 0.269. The lowest BCUT2D eigenvalue weighted by Gasteiger charge is -2.28. The van der Waals surface area contributed by atoms with E-state index < -0.39 is 10.0 Å². The number of sulfonamides is 1. The third kappa shape index (κ3) is 5.61. The number of nitrogens with one attached hydrogen (secondary N) is 1. The molecular formula is C26H28N2O4S. The Hall–Kier alpha value is -3.16. The van der Waals surface area contributed by atoms with Crippen molar-refractivity contribution in [3.8, 4) is 16.9 Å². The number of nitrogens with zero attached hydrogens (tertiary/aromatic N) is 1. The second-order valence-corrected chi connectivity index (χ2v) is 10.2. The van der Waals surface area contributed by atoms with Crippen LogP contribution in [0.4, 0.5) is 0 Å². The van der Waals surface area contributed by atoms with Crippen molar-refractivity contribution < 1.29 is 17.9 Å². The second-order valence-electron chi connectivity index (χ2n) is 8.09. The van der Waals surface area contributed by atoms with Crippen molar-refractivity contribution in [1.82, 2.24) is 9.62 Å². The number of carbonyl (C=O) groups excluding carboxylic acids is 1. The smallest absolute Gasteiger partial charge is 0.251 e. The lowest BCUT2D eigenvalue weighted by Crippen LogP contribution is -2.38. The minimum Gasteiger partial charge on any atom is -0.497 e. The van der Waals surface area contributed by atoms with Crippen LogP contribution in [0.2, 0.25) is 0 Å². The first kappa shape index (κ1) is 23.0. The van der Waals surface area contributed by atoms with E-state index in [1.165, 1.54) is 4.31 Å². The summed E-state index contributed by atoms with van der Waals surface area (Å²) in [5.41, 5.74) is 4.83. The number of fused-ring (bicyclic) bond motifs is 1. The van der Waals surface area contributed by atoms with Gasteiger partial charge in [-0.2, -0.15) is 4.31 Å². The van der Waals surface area contributed by atoms with Crippen molar-refractivity contribution in [3.63, 3.8) is 0 Å². The van der Waals surface area contributed by atoms with Gasteiger partial charge in [-0.05, 0) is 59.4 Å². The minimum absolute atomic E-state index is 0.00567. The maximum absolute atomic E-state index is 12.8. The SMILES string of the molecule is COc1ccc2c(c1)CCN(S(=O)(=O)CCCNC(=O)c1ccc(-c3ccccc3)cc1)C2. The van der Waals surface area contributed by atoms with Crippen LogP contribution in [0.5, 0.6) is 5.75 Å². The zero-order chi connectivity index (χ0) is 23.3. The third-order valence-electron chi connectivity index (χ3n) is 5.90. The highest BCUT2D eigenvalue weighted by Crippen LogP contribution is 2.25. The van der Waals surface area contributed by atoms with Crippen molar-refractivity contribution in [2.75, 3.05) is 26.0 Å². The summed E-state index contributed by atoms with van der Waals surface area (Å²) in [4.78, 5) is 12.4. The number of hydrogen-bond acceptors (Lipinski definition) is 4. The Bertz CT molecular complexity index is 1210. The van der Waals surface area contributed by atoms with Crippen molar-refractivity contribution in [1.29, 1.82) is 0 Å². The van der Waals surface area contributed by atoms with Crippen molar-refractivity contribution in [2.24, 2.45) is 0 Å². The molecule has 1 heterocycles. The molecule has 0 aliphatic carbocycles. The van der Waals surface area contributed by atoms with E-state index in [1.54, 1.807) is 19.2 Å². The largest absolute Gasteiger partial charge is 0.497 e. The van der Waals surface area contributed by atoms with Crippen LogP contribution in [-0.4, -0.2) is 44.6 Å². The summed E-state index contributed by atoms with van der Waals surface area (Å²) in [6, 6.07) is 23.1. The first-order chi connectivity index (χ1) is 16.0. The predicted octanol–water partition coefficient (Wildman–Crippen LogP) is 3.87. The predicted molar refractivity (Wildman–Crippen MR) is 130 cm³/mol. The van der Waals surface area contributed by atoms with E-state index in [0.29, 0.717) is 38.0 Å². The first-order valence-corrected chi connectivity index (χ1v) is 12.6. The molecule has 0 atom stereocenters. The van der Waals surface area contributed by atoms with Crippen molar-refractivity contribution in [3.05, 3.63) is 89.5 Å². The van der Waals surface area contributed by atoms with Crippen LogP contribution in [-0.2, 0) is 23.0 Å². The molecule has 1 N–H and O–H groups in total. The number of ether oxygens (including phenoxy) is 1. The Labute approximate surface area is 195 Å². The van der Waals surface area contributed by atoms with E-state index in [9.17, 15) is 13.2 Å². The maximum atomic E-state index is 12.8. The Kier molecular flexibility index (Phi) is 7.11. The summed E-state index contributed by atoms with van der Waals surface area (Å²) >= 11 is 0. The lowest BCUT2D eigenvalue weighted by atomic mass is 10.0. The fourth-order valence-corrected chi connectivity index (χ4v) is 5.47. The highest BCUT2D eigenvalue weighted by molar-refractivity contribution is 7.89. The molecule has 6 nitrogen and oxygen atoms in total.